The van der Waals surface area contributed by atoms with Gasteiger partial charge in [-0.3, -0.25) is 4.90 Å². The molecule has 2 bridgehead atoms. The third-order valence-corrected chi connectivity index (χ3v) is 5.88. The Labute approximate surface area is 126 Å². The zero-order chi connectivity index (χ0) is 13.9. The monoisotopic (exact) mass is 293 g/mol. The van der Waals surface area contributed by atoms with Crippen LogP contribution in [0.25, 0.3) is 0 Å². The summed E-state index contributed by atoms with van der Waals surface area (Å²) in [4.78, 5) is 7.44. The topological polar surface area (TPSA) is 28.2 Å². The summed E-state index contributed by atoms with van der Waals surface area (Å²) < 4.78 is 0. The van der Waals surface area contributed by atoms with Crippen LogP contribution in [0.2, 0.25) is 0 Å². The molecule has 3 unspecified atom stereocenters. The minimum atomic E-state index is 0.549. The molecule has 0 spiro atoms. The molecule has 20 heavy (non-hydrogen) atoms. The fourth-order valence-electron chi connectivity index (χ4n) is 4.29. The molecule has 2 saturated heterocycles. The van der Waals surface area contributed by atoms with E-state index in [1.807, 2.05) is 17.5 Å². The van der Waals surface area contributed by atoms with Gasteiger partial charge >= 0.3 is 0 Å². The molecule has 3 atom stereocenters. The number of hydrogen-bond donors (Lipinski definition) is 1. The second kappa shape index (κ2) is 6.54. The van der Waals surface area contributed by atoms with E-state index < -0.39 is 0 Å². The van der Waals surface area contributed by atoms with Crippen LogP contribution in [0.5, 0.6) is 0 Å². The fourth-order valence-corrected chi connectivity index (χ4v) is 5.12. The largest absolute Gasteiger partial charge is 0.314 e. The van der Waals surface area contributed by atoms with Crippen LogP contribution < -0.4 is 5.32 Å². The Bertz CT molecular complexity index is 392. The molecule has 3 nitrogen and oxygen atoms in total. The first-order valence-electron chi connectivity index (χ1n) is 8.23. The molecule has 3 rings (SSSR count). The van der Waals surface area contributed by atoms with Gasteiger partial charge in [0.05, 0.1) is 6.04 Å². The van der Waals surface area contributed by atoms with Gasteiger partial charge in [0.25, 0.3) is 0 Å². The molecular weight excluding hydrogens is 266 g/mol. The van der Waals surface area contributed by atoms with Crippen molar-refractivity contribution in [1.82, 2.24) is 15.2 Å². The van der Waals surface area contributed by atoms with Gasteiger partial charge in [-0.25, -0.2) is 4.98 Å². The summed E-state index contributed by atoms with van der Waals surface area (Å²) in [7, 11) is 0. The van der Waals surface area contributed by atoms with E-state index in [4.69, 9.17) is 0 Å². The Balaban J connectivity index is 1.78. The SMILES string of the molecule is CCNC1CC2CCCC(C1)N2C(CC)c1nccs1. The molecule has 2 aliphatic heterocycles. The third-order valence-electron chi connectivity index (χ3n) is 5.01. The molecule has 0 radical (unpaired) electrons. The molecular formula is C16H27N3S. The van der Waals surface area contributed by atoms with Crippen LogP contribution in [0.15, 0.2) is 11.6 Å². The van der Waals surface area contributed by atoms with Crippen molar-refractivity contribution in [3.63, 3.8) is 0 Å². The van der Waals surface area contributed by atoms with Gasteiger partial charge in [-0.15, -0.1) is 11.3 Å². The van der Waals surface area contributed by atoms with E-state index in [-0.39, 0.29) is 0 Å². The highest BCUT2D eigenvalue weighted by molar-refractivity contribution is 7.09. The molecule has 1 aromatic rings. The minimum Gasteiger partial charge on any atom is -0.314 e. The van der Waals surface area contributed by atoms with Gasteiger partial charge in [-0.1, -0.05) is 20.3 Å². The number of nitrogens with one attached hydrogen (secondary N) is 1. The van der Waals surface area contributed by atoms with E-state index in [0.29, 0.717) is 6.04 Å². The number of piperidine rings is 2. The van der Waals surface area contributed by atoms with E-state index in [1.165, 1.54) is 43.5 Å². The lowest BCUT2D eigenvalue weighted by Gasteiger charge is -2.52. The second-order valence-electron chi connectivity index (χ2n) is 6.21. The zero-order valence-corrected chi connectivity index (χ0v) is 13.5. The standard InChI is InChI=1S/C16H27N3S/c1-3-15(16-18-8-9-20-16)19-13-6-5-7-14(19)11-12(10-13)17-4-2/h8-9,12-15,17H,3-7,10-11H2,1-2H3. The Morgan fingerprint density at radius 1 is 1.35 bits per heavy atom. The summed E-state index contributed by atoms with van der Waals surface area (Å²) in [5.74, 6) is 0. The number of aromatic nitrogens is 1. The van der Waals surface area contributed by atoms with E-state index in [9.17, 15) is 0 Å². The van der Waals surface area contributed by atoms with Crippen LogP contribution in [-0.4, -0.2) is 34.6 Å². The summed E-state index contributed by atoms with van der Waals surface area (Å²) in [5, 5.41) is 7.14. The maximum Gasteiger partial charge on any atom is 0.110 e. The van der Waals surface area contributed by atoms with Gasteiger partial charge in [-0.05, 0) is 38.6 Å². The van der Waals surface area contributed by atoms with Gasteiger partial charge in [0, 0.05) is 29.7 Å². The average molecular weight is 293 g/mol. The molecule has 0 aliphatic carbocycles. The molecule has 3 heterocycles. The number of rotatable bonds is 5. The van der Waals surface area contributed by atoms with Crippen LogP contribution in [0.4, 0.5) is 0 Å². The number of nitrogens with zero attached hydrogens (tertiary/aromatic N) is 2. The lowest BCUT2D eigenvalue weighted by molar-refractivity contribution is -0.0131. The van der Waals surface area contributed by atoms with Crippen molar-refractivity contribution in [2.75, 3.05) is 6.54 Å². The van der Waals surface area contributed by atoms with Crippen molar-refractivity contribution >= 4 is 11.3 Å². The maximum absolute atomic E-state index is 4.61. The van der Waals surface area contributed by atoms with Crippen molar-refractivity contribution in [3.05, 3.63) is 16.6 Å². The fraction of sp³-hybridized carbons (Fsp3) is 0.812. The van der Waals surface area contributed by atoms with Crippen LogP contribution >= 0.6 is 11.3 Å². The highest BCUT2D eigenvalue weighted by atomic mass is 32.1. The predicted molar refractivity (Wildman–Crippen MR) is 85.1 cm³/mol. The summed E-state index contributed by atoms with van der Waals surface area (Å²) in [6.45, 7) is 5.65. The summed E-state index contributed by atoms with van der Waals surface area (Å²) in [5.41, 5.74) is 0. The van der Waals surface area contributed by atoms with Crippen molar-refractivity contribution in [3.8, 4) is 0 Å². The maximum atomic E-state index is 4.61. The Hall–Kier alpha value is -0.450. The molecule has 1 aromatic heterocycles. The second-order valence-corrected chi connectivity index (χ2v) is 7.13. The molecule has 1 N–H and O–H groups in total. The number of fused-ring (bicyclic) bond motifs is 2. The summed E-state index contributed by atoms with van der Waals surface area (Å²) in [6.07, 6.45) is 9.97. The van der Waals surface area contributed by atoms with Crippen molar-refractivity contribution in [1.29, 1.82) is 0 Å². The Kier molecular flexibility index (Phi) is 4.74. The number of hydrogen-bond acceptors (Lipinski definition) is 4. The van der Waals surface area contributed by atoms with Crippen molar-refractivity contribution in [2.45, 2.75) is 76.5 Å². The quantitative estimate of drug-likeness (QED) is 0.899. The van der Waals surface area contributed by atoms with Crippen molar-refractivity contribution < 1.29 is 0 Å². The minimum absolute atomic E-state index is 0.549. The normalized spacial score (nSPS) is 32.2. The smallest absolute Gasteiger partial charge is 0.110 e. The van der Waals surface area contributed by atoms with Gasteiger partial charge in [-0.2, -0.15) is 0 Å². The molecule has 2 aliphatic rings. The molecule has 2 fully saturated rings. The number of thiazole rings is 1. The summed E-state index contributed by atoms with van der Waals surface area (Å²) >= 11 is 1.83. The lowest BCUT2D eigenvalue weighted by atomic mass is 9.80. The van der Waals surface area contributed by atoms with Crippen LogP contribution in [0, 0.1) is 0 Å². The van der Waals surface area contributed by atoms with E-state index in [2.05, 4.69) is 34.4 Å². The highest BCUT2D eigenvalue weighted by Crippen LogP contribution is 2.41. The lowest BCUT2D eigenvalue weighted by Crippen LogP contribution is -2.57. The van der Waals surface area contributed by atoms with Gasteiger partial charge < -0.3 is 5.32 Å². The third kappa shape index (κ3) is 2.78. The van der Waals surface area contributed by atoms with Gasteiger partial charge in [0.2, 0.25) is 0 Å². The first-order chi connectivity index (χ1) is 9.83. The summed E-state index contributed by atoms with van der Waals surface area (Å²) in [6, 6.07) is 2.81. The first-order valence-corrected chi connectivity index (χ1v) is 9.11. The zero-order valence-electron chi connectivity index (χ0n) is 12.7. The van der Waals surface area contributed by atoms with E-state index in [0.717, 1.165) is 24.7 Å². The molecule has 4 heteroatoms. The van der Waals surface area contributed by atoms with E-state index in [1.54, 1.807) is 0 Å². The van der Waals surface area contributed by atoms with Crippen molar-refractivity contribution in [2.24, 2.45) is 0 Å². The predicted octanol–water partition coefficient (Wildman–Crippen LogP) is 3.59. The molecule has 112 valence electrons. The Morgan fingerprint density at radius 3 is 2.65 bits per heavy atom. The van der Waals surface area contributed by atoms with Gasteiger partial charge in [0.1, 0.15) is 5.01 Å². The van der Waals surface area contributed by atoms with E-state index >= 15 is 0 Å². The molecule has 0 aromatic carbocycles. The first kappa shape index (κ1) is 14.5. The molecule has 0 saturated carbocycles. The Morgan fingerprint density at radius 2 is 2.10 bits per heavy atom. The van der Waals surface area contributed by atoms with Gasteiger partial charge in [0.15, 0.2) is 0 Å². The van der Waals surface area contributed by atoms with Crippen LogP contribution in [0.1, 0.15) is 63.4 Å². The molecule has 0 amide bonds. The average Bonchev–Trinajstić information content (AvgIpc) is 2.94. The highest BCUT2D eigenvalue weighted by Gasteiger charge is 2.41. The van der Waals surface area contributed by atoms with Crippen LogP contribution in [0.3, 0.4) is 0 Å². The van der Waals surface area contributed by atoms with Crippen LogP contribution in [-0.2, 0) is 0 Å².